The molecule has 2 atom stereocenters. The lowest BCUT2D eigenvalue weighted by molar-refractivity contribution is -0.163. The van der Waals surface area contributed by atoms with E-state index >= 15 is 0 Å². The number of alkyl halides is 3. The molecule has 110 valence electrons. The molecule has 0 aromatic rings. The number of carboxylic acid groups (broad SMARTS) is 1. The summed E-state index contributed by atoms with van der Waals surface area (Å²) in [7, 11) is 0. The molecular formula is C10H14F3NO4S. The van der Waals surface area contributed by atoms with Crippen molar-refractivity contribution in [3.05, 3.63) is 0 Å². The molecule has 0 saturated carbocycles. The highest BCUT2D eigenvalue weighted by atomic mass is 32.2. The molecule has 5 nitrogen and oxygen atoms in total. The van der Waals surface area contributed by atoms with E-state index < -0.39 is 35.3 Å². The summed E-state index contributed by atoms with van der Waals surface area (Å²) < 4.78 is 43.2. The highest BCUT2D eigenvalue weighted by Crippen LogP contribution is 2.40. The minimum atomic E-state index is -4.70. The van der Waals surface area contributed by atoms with Crippen molar-refractivity contribution < 1.29 is 32.6 Å². The van der Waals surface area contributed by atoms with Crippen molar-refractivity contribution in [2.24, 2.45) is 0 Å². The van der Waals surface area contributed by atoms with E-state index in [0.29, 0.717) is 11.8 Å². The summed E-state index contributed by atoms with van der Waals surface area (Å²) in [6.45, 7) is 4.48. The van der Waals surface area contributed by atoms with Crippen LogP contribution in [0.25, 0.3) is 0 Å². The fraction of sp³-hybridized carbons (Fsp3) is 0.800. The number of amides is 1. The number of rotatable bonds is 1. The molecule has 1 amide bonds. The second-order valence-electron chi connectivity index (χ2n) is 4.97. The number of carboxylic acids is 1. The SMILES string of the molecule is CC(C)(C)OC(=O)N1[C@H](C(F)(F)F)SC[C@H]1C(=O)O. The minimum Gasteiger partial charge on any atom is -0.480 e. The van der Waals surface area contributed by atoms with Crippen LogP contribution in [0.15, 0.2) is 0 Å². The monoisotopic (exact) mass is 301 g/mol. The Bertz CT molecular complexity index is 380. The third kappa shape index (κ3) is 3.92. The van der Waals surface area contributed by atoms with Crippen molar-refractivity contribution in [3.8, 4) is 0 Å². The van der Waals surface area contributed by atoms with Crippen LogP contribution in [-0.2, 0) is 9.53 Å². The molecule has 0 aromatic heterocycles. The first kappa shape index (κ1) is 15.9. The second-order valence-corrected chi connectivity index (χ2v) is 6.08. The van der Waals surface area contributed by atoms with Gasteiger partial charge in [-0.05, 0) is 20.8 Å². The summed E-state index contributed by atoms with van der Waals surface area (Å²) in [4.78, 5) is 22.9. The molecule has 9 heteroatoms. The number of hydrogen-bond acceptors (Lipinski definition) is 4. The van der Waals surface area contributed by atoms with E-state index in [1.807, 2.05) is 0 Å². The van der Waals surface area contributed by atoms with Crippen LogP contribution in [0.4, 0.5) is 18.0 Å². The zero-order chi connectivity index (χ0) is 15.0. The van der Waals surface area contributed by atoms with Crippen LogP contribution in [-0.4, -0.2) is 51.0 Å². The Morgan fingerprint density at radius 1 is 1.32 bits per heavy atom. The van der Waals surface area contributed by atoms with E-state index in [2.05, 4.69) is 0 Å². The van der Waals surface area contributed by atoms with Gasteiger partial charge in [0.25, 0.3) is 0 Å². The van der Waals surface area contributed by atoms with Gasteiger partial charge in [-0.25, -0.2) is 9.59 Å². The van der Waals surface area contributed by atoms with Crippen molar-refractivity contribution >= 4 is 23.8 Å². The first-order chi connectivity index (χ1) is 8.43. The molecule has 0 unspecified atom stereocenters. The van der Waals surface area contributed by atoms with Crippen LogP contribution in [0.5, 0.6) is 0 Å². The zero-order valence-corrected chi connectivity index (χ0v) is 11.3. The number of halogens is 3. The van der Waals surface area contributed by atoms with E-state index in [1.165, 1.54) is 20.8 Å². The topological polar surface area (TPSA) is 66.8 Å². The predicted octanol–water partition coefficient (Wildman–Crippen LogP) is 2.31. The highest BCUT2D eigenvalue weighted by Gasteiger charge is 2.55. The summed E-state index contributed by atoms with van der Waals surface area (Å²) in [5.74, 6) is -1.80. The van der Waals surface area contributed by atoms with Gasteiger partial charge in [-0.15, -0.1) is 11.8 Å². The Labute approximate surface area is 112 Å². The Kier molecular flexibility index (Phi) is 4.28. The lowest BCUT2D eigenvalue weighted by atomic mass is 10.2. The number of aliphatic carboxylic acids is 1. The molecule has 1 saturated heterocycles. The van der Waals surface area contributed by atoms with Gasteiger partial charge in [0, 0.05) is 5.75 Å². The van der Waals surface area contributed by atoms with E-state index in [-0.39, 0.29) is 10.7 Å². The van der Waals surface area contributed by atoms with Gasteiger partial charge in [-0.1, -0.05) is 0 Å². The van der Waals surface area contributed by atoms with Crippen LogP contribution in [0.2, 0.25) is 0 Å². The zero-order valence-electron chi connectivity index (χ0n) is 10.5. The molecule has 1 fully saturated rings. The van der Waals surface area contributed by atoms with Gasteiger partial charge in [0.05, 0.1) is 0 Å². The molecule has 1 N–H and O–H groups in total. The van der Waals surface area contributed by atoms with Crippen LogP contribution in [0, 0.1) is 0 Å². The Balaban J connectivity index is 2.99. The molecule has 1 rings (SSSR count). The fourth-order valence-corrected chi connectivity index (χ4v) is 2.74. The molecule has 0 bridgehead atoms. The lowest BCUT2D eigenvalue weighted by Crippen LogP contribution is -2.51. The van der Waals surface area contributed by atoms with E-state index in [4.69, 9.17) is 9.84 Å². The maximum absolute atomic E-state index is 12.8. The van der Waals surface area contributed by atoms with Gasteiger partial charge >= 0.3 is 18.2 Å². The van der Waals surface area contributed by atoms with Crippen LogP contribution in [0.3, 0.4) is 0 Å². The smallest absolute Gasteiger partial charge is 0.418 e. The van der Waals surface area contributed by atoms with E-state index in [0.717, 1.165) is 0 Å². The summed E-state index contributed by atoms with van der Waals surface area (Å²) in [6, 6.07) is -1.54. The summed E-state index contributed by atoms with van der Waals surface area (Å²) >= 11 is 0.367. The number of ether oxygens (including phenoxy) is 1. The fourth-order valence-electron chi connectivity index (χ4n) is 1.49. The molecule has 0 aliphatic carbocycles. The quantitative estimate of drug-likeness (QED) is 0.805. The largest absolute Gasteiger partial charge is 0.480 e. The average Bonchev–Trinajstić information content (AvgIpc) is 2.57. The standard InChI is InChI=1S/C10H14F3NO4S/c1-9(2,3)18-8(17)14-5(6(15)16)4-19-7(14)10(11,12)13/h5,7H,4H2,1-3H3,(H,15,16)/t5-,7-/m0/s1. The number of hydrogen-bond donors (Lipinski definition) is 1. The first-order valence-corrected chi connectivity index (χ1v) is 6.41. The molecule has 1 aliphatic rings. The Morgan fingerprint density at radius 3 is 2.21 bits per heavy atom. The molecule has 19 heavy (non-hydrogen) atoms. The second kappa shape index (κ2) is 5.10. The van der Waals surface area contributed by atoms with Crippen molar-refractivity contribution in [1.29, 1.82) is 0 Å². The van der Waals surface area contributed by atoms with E-state index in [9.17, 15) is 22.8 Å². The number of nitrogens with zero attached hydrogens (tertiary/aromatic N) is 1. The van der Waals surface area contributed by atoms with Crippen molar-refractivity contribution in [2.75, 3.05) is 5.75 Å². The number of carbonyl (C=O) groups is 2. The number of thioether (sulfide) groups is 1. The predicted molar refractivity (Wildman–Crippen MR) is 61.8 cm³/mol. The third-order valence-corrected chi connectivity index (χ3v) is 3.49. The molecule has 1 heterocycles. The molecule has 0 aromatic carbocycles. The van der Waals surface area contributed by atoms with Gasteiger partial charge in [0.1, 0.15) is 11.6 Å². The van der Waals surface area contributed by atoms with Crippen LogP contribution < -0.4 is 0 Å². The van der Waals surface area contributed by atoms with Crippen LogP contribution >= 0.6 is 11.8 Å². The first-order valence-electron chi connectivity index (χ1n) is 5.36. The normalized spacial score (nSPS) is 24.4. The van der Waals surface area contributed by atoms with E-state index in [1.54, 1.807) is 0 Å². The number of carbonyl (C=O) groups excluding carboxylic acids is 1. The summed E-state index contributed by atoms with van der Waals surface area (Å²) in [5.41, 5.74) is -0.996. The summed E-state index contributed by atoms with van der Waals surface area (Å²) in [5, 5.41) is 6.69. The van der Waals surface area contributed by atoms with Gasteiger partial charge in [0.2, 0.25) is 0 Å². The van der Waals surface area contributed by atoms with Gasteiger partial charge in [-0.2, -0.15) is 13.2 Å². The minimum absolute atomic E-state index is 0.248. The molecule has 0 spiro atoms. The lowest BCUT2D eigenvalue weighted by Gasteiger charge is -2.31. The van der Waals surface area contributed by atoms with Crippen LogP contribution in [0.1, 0.15) is 20.8 Å². The molecular weight excluding hydrogens is 287 g/mol. The average molecular weight is 301 g/mol. The maximum atomic E-state index is 12.8. The highest BCUT2D eigenvalue weighted by molar-refractivity contribution is 8.00. The van der Waals surface area contributed by atoms with Crippen molar-refractivity contribution in [3.63, 3.8) is 0 Å². The Hall–Kier alpha value is -1.12. The van der Waals surface area contributed by atoms with Gasteiger partial charge in [-0.3, -0.25) is 4.90 Å². The van der Waals surface area contributed by atoms with Crippen molar-refractivity contribution in [1.82, 2.24) is 4.90 Å². The molecule has 1 aliphatic heterocycles. The Morgan fingerprint density at radius 2 is 1.84 bits per heavy atom. The van der Waals surface area contributed by atoms with Crippen molar-refractivity contribution in [2.45, 2.75) is 44.0 Å². The summed E-state index contributed by atoms with van der Waals surface area (Å²) in [6.07, 6.45) is -5.97. The van der Waals surface area contributed by atoms with Gasteiger partial charge in [0.15, 0.2) is 5.37 Å². The molecule has 0 radical (unpaired) electrons. The maximum Gasteiger partial charge on any atom is 0.418 e. The third-order valence-electron chi connectivity index (χ3n) is 2.17. The van der Waals surface area contributed by atoms with Gasteiger partial charge < -0.3 is 9.84 Å².